The van der Waals surface area contributed by atoms with E-state index in [1.165, 1.54) is 25.1 Å². The molecular weight excluding hydrogens is 458 g/mol. The van der Waals surface area contributed by atoms with Crippen molar-refractivity contribution in [1.82, 2.24) is 9.88 Å². The highest BCUT2D eigenvalue weighted by Crippen LogP contribution is 2.24. The van der Waals surface area contributed by atoms with Gasteiger partial charge < -0.3 is 19.4 Å². The molecule has 1 amide bonds. The molecule has 0 saturated heterocycles. The standard InChI is InChI=1S/C26H24F2N2O5/c1-16-13-22(17(2)30(16)20-9-11-21(12-10-20)35-26(27)28)24(32)15-34-25(33)23(29-18(3)31)14-19-7-5-4-6-8-19/h4-14,26H,15H2,1-3H3,(H,29,31)/b23-14+. The van der Waals surface area contributed by atoms with Gasteiger partial charge in [0.25, 0.3) is 0 Å². The minimum Gasteiger partial charge on any atom is -0.453 e. The minimum atomic E-state index is -2.92. The number of ketones is 1. The van der Waals surface area contributed by atoms with Crippen LogP contribution in [-0.2, 0) is 14.3 Å². The van der Waals surface area contributed by atoms with Gasteiger partial charge in [-0.25, -0.2) is 4.79 Å². The average molecular weight is 482 g/mol. The first-order valence-corrected chi connectivity index (χ1v) is 10.6. The predicted molar refractivity (Wildman–Crippen MR) is 125 cm³/mol. The Morgan fingerprint density at radius 2 is 1.69 bits per heavy atom. The van der Waals surface area contributed by atoms with Gasteiger partial charge in [0.2, 0.25) is 11.7 Å². The van der Waals surface area contributed by atoms with Crippen molar-refractivity contribution in [3.63, 3.8) is 0 Å². The van der Waals surface area contributed by atoms with Crippen LogP contribution in [0.4, 0.5) is 8.78 Å². The molecule has 2 aromatic carbocycles. The Labute approximate surface area is 201 Å². The highest BCUT2D eigenvalue weighted by atomic mass is 19.3. The number of halogens is 2. The molecule has 0 radical (unpaired) electrons. The zero-order valence-electron chi connectivity index (χ0n) is 19.4. The number of carbonyl (C=O) groups excluding carboxylic acids is 3. The van der Waals surface area contributed by atoms with E-state index in [4.69, 9.17) is 4.74 Å². The van der Waals surface area contributed by atoms with Gasteiger partial charge >= 0.3 is 12.6 Å². The summed E-state index contributed by atoms with van der Waals surface area (Å²) in [6.07, 6.45) is 1.46. The number of ether oxygens (including phenoxy) is 2. The number of aromatic nitrogens is 1. The minimum absolute atomic E-state index is 0.0213. The van der Waals surface area contributed by atoms with Gasteiger partial charge in [-0.1, -0.05) is 30.3 Å². The number of rotatable bonds is 9. The number of esters is 1. The van der Waals surface area contributed by atoms with E-state index in [0.29, 0.717) is 22.5 Å². The Hall–Kier alpha value is -4.27. The Bertz CT molecular complexity index is 1250. The van der Waals surface area contributed by atoms with Crippen molar-refractivity contribution in [1.29, 1.82) is 0 Å². The lowest BCUT2D eigenvalue weighted by Gasteiger charge is -2.12. The first-order chi connectivity index (χ1) is 16.7. The summed E-state index contributed by atoms with van der Waals surface area (Å²) in [6, 6.07) is 16.5. The molecule has 3 aromatic rings. The van der Waals surface area contributed by atoms with Gasteiger partial charge in [0.05, 0.1) is 0 Å². The molecule has 7 nitrogen and oxygen atoms in total. The van der Waals surface area contributed by atoms with Crippen LogP contribution in [0.3, 0.4) is 0 Å². The van der Waals surface area contributed by atoms with E-state index >= 15 is 0 Å². The molecule has 0 saturated carbocycles. The molecule has 0 unspecified atom stereocenters. The number of hydrogen-bond acceptors (Lipinski definition) is 5. The molecule has 1 aromatic heterocycles. The summed E-state index contributed by atoms with van der Waals surface area (Å²) >= 11 is 0. The van der Waals surface area contributed by atoms with Gasteiger partial charge in [0.15, 0.2) is 6.61 Å². The van der Waals surface area contributed by atoms with Crippen LogP contribution in [0, 0.1) is 13.8 Å². The third-order valence-corrected chi connectivity index (χ3v) is 5.03. The van der Waals surface area contributed by atoms with Crippen molar-refractivity contribution < 1.29 is 32.6 Å². The number of hydrogen-bond donors (Lipinski definition) is 1. The summed E-state index contributed by atoms with van der Waals surface area (Å²) in [5, 5.41) is 2.43. The second-order valence-electron chi connectivity index (χ2n) is 7.64. The molecule has 0 aliphatic carbocycles. The summed E-state index contributed by atoms with van der Waals surface area (Å²) in [6.45, 7) is 1.32. The number of nitrogens with one attached hydrogen (secondary N) is 1. The lowest BCUT2D eigenvalue weighted by molar-refractivity contribution is -0.139. The largest absolute Gasteiger partial charge is 0.453 e. The number of benzene rings is 2. The molecular formula is C26H24F2N2O5. The van der Waals surface area contributed by atoms with Crippen molar-refractivity contribution in [2.24, 2.45) is 0 Å². The summed E-state index contributed by atoms with van der Waals surface area (Å²) in [7, 11) is 0. The van der Waals surface area contributed by atoms with E-state index in [-0.39, 0.29) is 11.4 Å². The van der Waals surface area contributed by atoms with E-state index < -0.39 is 30.9 Å². The van der Waals surface area contributed by atoms with E-state index in [1.54, 1.807) is 60.9 Å². The molecule has 182 valence electrons. The fraction of sp³-hybridized carbons (Fsp3) is 0.192. The number of aryl methyl sites for hydroxylation is 1. The fourth-order valence-corrected chi connectivity index (χ4v) is 3.56. The SMILES string of the molecule is CC(=O)N/C(=C/c1ccccc1)C(=O)OCC(=O)c1cc(C)n(-c2ccc(OC(F)F)cc2)c1C. The molecule has 35 heavy (non-hydrogen) atoms. The summed E-state index contributed by atoms with van der Waals surface area (Å²) in [5.41, 5.74) is 2.89. The van der Waals surface area contributed by atoms with Crippen LogP contribution in [0.15, 0.2) is 66.4 Å². The molecule has 0 atom stereocenters. The Kier molecular flexibility index (Phi) is 8.14. The molecule has 0 bridgehead atoms. The molecule has 0 fully saturated rings. The maximum atomic E-state index is 12.8. The molecule has 0 aliphatic rings. The van der Waals surface area contributed by atoms with Gasteiger partial charge in [-0.15, -0.1) is 0 Å². The second kappa shape index (κ2) is 11.2. The molecule has 0 aliphatic heterocycles. The predicted octanol–water partition coefficient (Wildman–Crippen LogP) is 4.60. The van der Waals surface area contributed by atoms with Crippen molar-refractivity contribution >= 4 is 23.7 Å². The van der Waals surface area contributed by atoms with Crippen LogP contribution in [-0.4, -0.2) is 35.4 Å². The van der Waals surface area contributed by atoms with E-state index in [1.807, 2.05) is 6.07 Å². The second-order valence-corrected chi connectivity index (χ2v) is 7.64. The molecule has 0 spiro atoms. The van der Waals surface area contributed by atoms with Crippen LogP contribution in [0.1, 0.15) is 34.2 Å². The van der Waals surface area contributed by atoms with Gasteiger partial charge in [-0.05, 0) is 55.8 Å². The zero-order chi connectivity index (χ0) is 25.5. The average Bonchev–Trinajstić information content (AvgIpc) is 3.11. The molecule has 1 heterocycles. The van der Waals surface area contributed by atoms with Crippen LogP contribution in [0.2, 0.25) is 0 Å². The Morgan fingerprint density at radius 1 is 1.03 bits per heavy atom. The maximum Gasteiger partial charge on any atom is 0.387 e. The van der Waals surface area contributed by atoms with Crippen LogP contribution in [0.5, 0.6) is 5.75 Å². The van der Waals surface area contributed by atoms with Gasteiger partial charge in [-0.2, -0.15) is 8.78 Å². The monoisotopic (exact) mass is 482 g/mol. The summed E-state index contributed by atoms with van der Waals surface area (Å²) in [5.74, 6) is -1.71. The third kappa shape index (κ3) is 6.63. The van der Waals surface area contributed by atoms with Crippen molar-refractivity contribution in [2.45, 2.75) is 27.4 Å². The lowest BCUT2D eigenvalue weighted by Crippen LogP contribution is -2.27. The van der Waals surface area contributed by atoms with Crippen LogP contribution in [0.25, 0.3) is 11.8 Å². The van der Waals surface area contributed by atoms with Crippen molar-refractivity contribution in [2.75, 3.05) is 6.61 Å². The number of alkyl halides is 2. The van der Waals surface area contributed by atoms with Crippen LogP contribution >= 0.6 is 0 Å². The van der Waals surface area contributed by atoms with Gasteiger partial charge in [-0.3, -0.25) is 9.59 Å². The first-order valence-electron chi connectivity index (χ1n) is 10.6. The zero-order valence-corrected chi connectivity index (χ0v) is 19.4. The van der Waals surface area contributed by atoms with Crippen molar-refractivity contribution in [3.05, 3.63) is 88.9 Å². The molecule has 1 N–H and O–H groups in total. The molecule has 9 heteroatoms. The summed E-state index contributed by atoms with van der Waals surface area (Å²) < 4.78 is 36.1. The van der Waals surface area contributed by atoms with Gasteiger partial charge in [0.1, 0.15) is 11.4 Å². The Balaban J connectivity index is 1.75. The van der Waals surface area contributed by atoms with E-state index in [0.717, 1.165) is 5.69 Å². The number of carbonyl (C=O) groups is 3. The molecule has 3 rings (SSSR count). The highest BCUT2D eigenvalue weighted by Gasteiger charge is 2.20. The number of Topliss-reactive ketones (excluding diaryl/α,β-unsaturated/α-hetero) is 1. The third-order valence-electron chi connectivity index (χ3n) is 5.03. The number of nitrogens with zero attached hydrogens (tertiary/aromatic N) is 1. The quantitative estimate of drug-likeness (QED) is 0.274. The van der Waals surface area contributed by atoms with Crippen molar-refractivity contribution in [3.8, 4) is 11.4 Å². The fourth-order valence-electron chi connectivity index (χ4n) is 3.56. The first kappa shape index (κ1) is 25.4. The van der Waals surface area contributed by atoms with E-state index in [2.05, 4.69) is 10.1 Å². The summed E-state index contributed by atoms with van der Waals surface area (Å²) in [4.78, 5) is 36.9. The normalized spacial score (nSPS) is 11.3. The topological polar surface area (TPSA) is 86.6 Å². The maximum absolute atomic E-state index is 12.8. The van der Waals surface area contributed by atoms with Crippen LogP contribution < -0.4 is 10.1 Å². The lowest BCUT2D eigenvalue weighted by atomic mass is 10.1. The van der Waals surface area contributed by atoms with E-state index in [9.17, 15) is 23.2 Å². The Morgan fingerprint density at radius 3 is 2.29 bits per heavy atom. The number of amides is 1. The smallest absolute Gasteiger partial charge is 0.387 e. The highest BCUT2D eigenvalue weighted by molar-refractivity contribution is 6.02. The van der Waals surface area contributed by atoms with Gasteiger partial charge in [0, 0.05) is 29.6 Å².